The molecule has 0 heterocycles. The highest BCUT2D eigenvalue weighted by molar-refractivity contribution is 5.30. The molecule has 1 aromatic carbocycles. The third kappa shape index (κ3) is 5.19. The lowest BCUT2D eigenvalue weighted by Crippen LogP contribution is -2.25. The molecule has 0 saturated carbocycles. The first-order chi connectivity index (χ1) is 8.52. The van der Waals surface area contributed by atoms with Gasteiger partial charge in [0.05, 0.1) is 0 Å². The highest BCUT2D eigenvalue weighted by Crippen LogP contribution is 2.11. The fourth-order valence-corrected chi connectivity index (χ4v) is 1.95. The molecule has 0 fully saturated rings. The molecule has 1 rings (SSSR count). The summed E-state index contributed by atoms with van der Waals surface area (Å²) in [5.74, 6) is 0.633. The highest BCUT2D eigenvalue weighted by atomic mass is 15.1. The van der Waals surface area contributed by atoms with Crippen molar-refractivity contribution in [3.05, 3.63) is 34.9 Å². The van der Waals surface area contributed by atoms with E-state index < -0.39 is 0 Å². The minimum atomic E-state index is 0.633. The molecule has 1 atom stereocenters. The van der Waals surface area contributed by atoms with E-state index in [0.29, 0.717) is 5.92 Å². The van der Waals surface area contributed by atoms with Crippen LogP contribution in [0.15, 0.2) is 18.2 Å². The second-order valence-corrected chi connectivity index (χ2v) is 5.60. The fourth-order valence-electron chi connectivity index (χ4n) is 1.95. The zero-order valence-corrected chi connectivity index (χ0v) is 12.4. The minimum Gasteiger partial charge on any atom is -0.330 e. The number of nitrogens with two attached hydrogens (primary N) is 1. The summed E-state index contributed by atoms with van der Waals surface area (Å²) in [6, 6.07) is 6.78. The van der Waals surface area contributed by atoms with Crippen molar-refractivity contribution in [1.29, 1.82) is 0 Å². The van der Waals surface area contributed by atoms with Gasteiger partial charge in [-0.25, -0.2) is 0 Å². The molecule has 0 bridgehead atoms. The molecule has 2 nitrogen and oxygen atoms in total. The van der Waals surface area contributed by atoms with Gasteiger partial charge in [-0.2, -0.15) is 0 Å². The van der Waals surface area contributed by atoms with E-state index in [4.69, 9.17) is 5.73 Å². The number of aryl methyl sites for hydroxylation is 2. The van der Waals surface area contributed by atoms with E-state index in [1.807, 2.05) is 0 Å². The molecule has 0 amide bonds. The third-order valence-corrected chi connectivity index (χ3v) is 3.76. The van der Waals surface area contributed by atoms with Gasteiger partial charge in [-0.05, 0) is 69.4 Å². The monoisotopic (exact) mass is 248 g/mol. The van der Waals surface area contributed by atoms with Crippen LogP contribution in [0.3, 0.4) is 0 Å². The summed E-state index contributed by atoms with van der Waals surface area (Å²) >= 11 is 0. The van der Waals surface area contributed by atoms with Gasteiger partial charge in [0.25, 0.3) is 0 Å². The maximum absolute atomic E-state index is 5.64. The van der Waals surface area contributed by atoms with Gasteiger partial charge in [-0.3, -0.25) is 0 Å². The number of rotatable bonds is 7. The van der Waals surface area contributed by atoms with Crippen LogP contribution in [0.4, 0.5) is 0 Å². The van der Waals surface area contributed by atoms with Gasteiger partial charge in [-0.15, -0.1) is 0 Å². The van der Waals surface area contributed by atoms with Crippen LogP contribution in [0, 0.1) is 19.8 Å². The Labute approximate surface area is 112 Å². The largest absolute Gasteiger partial charge is 0.330 e. The van der Waals surface area contributed by atoms with Gasteiger partial charge in [0.1, 0.15) is 0 Å². The summed E-state index contributed by atoms with van der Waals surface area (Å²) in [5, 5.41) is 0. The van der Waals surface area contributed by atoms with Crippen LogP contribution >= 0.6 is 0 Å². The lowest BCUT2D eigenvalue weighted by molar-refractivity contribution is 0.310. The molecule has 18 heavy (non-hydrogen) atoms. The summed E-state index contributed by atoms with van der Waals surface area (Å²) in [6.07, 6.45) is 2.33. The Bertz CT molecular complexity index is 360. The zero-order valence-electron chi connectivity index (χ0n) is 12.4. The normalized spacial score (nSPS) is 13.0. The first-order valence-corrected chi connectivity index (χ1v) is 6.97. The van der Waals surface area contributed by atoms with E-state index in [2.05, 4.69) is 50.9 Å². The predicted octanol–water partition coefficient (Wildman–Crippen LogP) is 2.76. The molecule has 2 heteroatoms. The SMILES string of the molecule is Cc1ccc(CCN(C)CCC(C)CN)cc1C. The quantitative estimate of drug-likeness (QED) is 0.804. The lowest BCUT2D eigenvalue weighted by atomic mass is 10.0. The second kappa shape index (κ2) is 7.55. The zero-order chi connectivity index (χ0) is 13.5. The van der Waals surface area contributed by atoms with Crippen molar-refractivity contribution in [2.75, 3.05) is 26.7 Å². The Morgan fingerprint density at radius 3 is 2.50 bits per heavy atom. The molecule has 0 radical (unpaired) electrons. The average molecular weight is 248 g/mol. The lowest BCUT2D eigenvalue weighted by Gasteiger charge is -2.18. The van der Waals surface area contributed by atoms with Crippen molar-refractivity contribution in [2.24, 2.45) is 11.7 Å². The number of likely N-dealkylation sites (N-methyl/N-ethyl adjacent to an activating group) is 1. The molecule has 0 aliphatic heterocycles. The molecule has 0 aliphatic carbocycles. The van der Waals surface area contributed by atoms with Crippen LogP contribution in [0.25, 0.3) is 0 Å². The topological polar surface area (TPSA) is 29.3 Å². The van der Waals surface area contributed by atoms with Crippen LogP contribution in [0.2, 0.25) is 0 Å². The molecular formula is C16H28N2. The van der Waals surface area contributed by atoms with Gasteiger partial charge >= 0.3 is 0 Å². The van der Waals surface area contributed by atoms with Gasteiger partial charge in [0.2, 0.25) is 0 Å². The van der Waals surface area contributed by atoms with E-state index in [9.17, 15) is 0 Å². The van der Waals surface area contributed by atoms with E-state index in [1.54, 1.807) is 0 Å². The molecule has 102 valence electrons. The van der Waals surface area contributed by atoms with Crippen LogP contribution in [-0.4, -0.2) is 31.6 Å². The summed E-state index contributed by atoms with van der Waals surface area (Å²) in [7, 11) is 2.20. The standard InChI is InChI=1S/C16H28N2/c1-13(12-17)7-9-18(4)10-8-16-6-5-14(2)15(3)11-16/h5-6,11,13H,7-10,12,17H2,1-4H3. The first kappa shape index (κ1) is 15.2. The third-order valence-electron chi connectivity index (χ3n) is 3.76. The average Bonchev–Trinajstić information content (AvgIpc) is 2.37. The molecular weight excluding hydrogens is 220 g/mol. The molecule has 0 saturated heterocycles. The Morgan fingerprint density at radius 2 is 1.89 bits per heavy atom. The van der Waals surface area contributed by atoms with Crippen molar-refractivity contribution >= 4 is 0 Å². The molecule has 2 N–H and O–H groups in total. The summed E-state index contributed by atoms with van der Waals surface area (Å²) in [4.78, 5) is 2.40. The van der Waals surface area contributed by atoms with Crippen LogP contribution < -0.4 is 5.73 Å². The van der Waals surface area contributed by atoms with Gasteiger partial charge in [-0.1, -0.05) is 25.1 Å². The van der Waals surface area contributed by atoms with E-state index in [-0.39, 0.29) is 0 Å². The number of benzene rings is 1. The Hall–Kier alpha value is -0.860. The summed E-state index contributed by atoms with van der Waals surface area (Å²) in [5.41, 5.74) is 9.85. The molecule has 0 aliphatic rings. The fraction of sp³-hybridized carbons (Fsp3) is 0.625. The minimum absolute atomic E-state index is 0.633. The van der Waals surface area contributed by atoms with Gasteiger partial charge in [0, 0.05) is 6.54 Å². The van der Waals surface area contributed by atoms with Crippen molar-refractivity contribution < 1.29 is 0 Å². The maximum Gasteiger partial charge on any atom is 0.00188 e. The molecule has 0 aromatic heterocycles. The smallest absolute Gasteiger partial charge is 0.00188 e. The Morgan fingerprint density at radius 1 is 1.17 bits per heavy atom. The van der Waals surface area contributed by atoms with E-state index in [0.717, 1.165) is 26.1 Å². The Kier molecular flexibility index (Phi) is 6.37. The van der Waals surface area contributed by atoms with Crippen LogP contribution in [0.1, 0.15) is 30.0 Å². The van der Waals surface area contributed by atoms with Crippen LogP contribution in [0.5, 0.6) is 0 Å². The van der Waals surface area contributed by atoms with Crippen molar-refractivity contribution in [2.45, 2.75) is 33.6 Å². The predicted molar refractivity (Wildman–Crippen MR) is 80.0 cm³/mol. The van der Waals surface area contributed by atoms with Gasteiger partial charge in [0.15, 0.2) is 0 Å². The molecule has 0 spiro atoms. The number of hydrogen-bond donors (Lipinski definition) is 1. The van der Waals surface area contributed by atoms with Crippen molar-refractivity contribution in [3.63, 3.8) is 0 Å². The first-order valence-electron chi connectivity index (χ1n) is 6.97. The highest BCUT2D eigenvalue weighted by Gasteiger charge is 2.04. The van der Waals surface area contributed by atoms with E-state index >= 15 is 0 Å². The summed E-state index contributed by atoms with van der Waals surface area (Å²) in [6.45, 7) is 9.64. The molecule has 1 aromatic rings. The maximum atomic E-state index is 5.64. The van der Waals surface area contributed by atoms with Gasteiger partial charge < -0.3 is 10.6 Å². The molecule has 1 unspecified atom stereocenters. The number of hydrogen-bond acceptors (Lipinski definition) is 2. The number of nitrogens with zero attached hydrogens (tertiary/aromatic N) is 1. The summed E-state index contributed by atoms with van der Waals surface area (Å²) < 4.78 is 0. The second-order valence-electron chi connectivity index (χ2n) is 5.60. The van der Waals surface area contributed by atoms with E-state index in [1.165, 1.54) is 23.1 Å². The van der Waals surface area contributed by atoms with Crippen molar-refractivity contribution in [1.82, 2.24) is 4.90 Å². The van der Waals surface area contributed by atoms with Crippen molar-refractivity contribution in [3.8, 4) is 0 Å². The Balaban J connectivity index is 2.33. The van der Waals surface area contributed by atoms with Crippen LogP contribution in [-0.2, 0) is 6.42 Å².